The summed E-state index contributed by atoms with van der Waals surface area (Å²) in [4.78, 5) is 26.6. The summed E-state index contributed by atoms with van der Waals surface area (Å²) in [5, 5.41) is 7.29. The Morgan fingerprint density at radius 3 is 2.03 bits per heavy atom. The van der Waals surface area contributed by atoms with E-state index >= 15 is 0 Å². The van der Waals surface area contributed by atoms with Crippen molar-refractivity contribution in [3.05, 3.63) is 96.6 Å². The molecule has 0 unspecified atom stereocenters. The first kappa shape index (κ1) is 20.5. The van der Waals surface area contributed by atoms with Crippen molar-refractivity contribution in [3.63, 3.8) is 0 Å². The lowest BCUT2D eigenvalue weighted by Gasteiger charge is -2.13. The maximum Gasteiger partial charge on any atom is 0.417 e. The van der Waals surface area contributed by atoms with Gasteiger partial charge in [-0.2, -0.15) is 0 Å². The lowest BCUT2D eigenvalue weighted by molar-refractivity contribution is 0.102. The topological polar surface area (TPSA) is 67.4 Å². The minimum Gasteiger partial charge on any atom is -0.409 e. The number of thioether (sulfide) groups is 1. The van der Waals surface area contributed by atoms with Crippen molar-refractivity contribution in [3.8, 4) is 5.75 Å². The van der Waals surface area contributed by atoms with Crippen LogP contribution in [-0.4, -0.2) is 18.3 Å². The lowest BCUT2D eigenvalue weighted by atomic mass is 10.1. The standard InChI is InChI=1S/C25H20N2O3S/c1-31-21-13-11-20(12-14-21)27-25(29)30-23-16-18-8-6-5-7-17(18)15-22(23)24(28)26-19-9-3-2-4-10-19/h2-16H,1H3,(H,26,28)(H,27,29). The van der Waals surface area contributed by atoms with Crippen LogP contribution in [0.15, 0.2) is 95.9 Å². The molecule has 31 heavy (non-hydrogen) atoms. The number of nitrogens with one attached hydrogen (secondary N) is 2. The molecule has 0 radical (unpaired) electrons. The van der Waals surface area contributed by atoms with Crippen LogP contribution in [0.5, 0.6) is 5.75 Å². The van der Waals surface area contributed by atoms with Crippen molar-refractivity contribution in [2.75, 3.05) is 16.9 Å². The number of hydrogen-bond acceptors (Lipinski definition) is 4. The summed E-state index contributed by atoms with van der Waals surface area (Å²) < 4.78 is 5.56. The number of ether oxygens (including phenoxy) is 1. The number of anilines is 2. The second-order valence-corrected chi connectivity index (χ2v) is 7.64. The predicted molar refractivity (Wildman–Crippen MR) is 126 cm³/mol. The van der Waals surface area contributed by atoms with Gasteiger partial charge in [0, 0.05) is 16.3 Å². The molecule has 154 valence electrons. The van der Waals surface area contributed by atoms with Crippen LogP contribution in [0.4, 0.5) is 16.2 Å². The molecule has 2 amide bonds. The average molecular weight is 429 g/mol. The van der Waals surface area contributed by atoms with Crippen LogP contribution >= 0.6 is 11.8 Å². The summed E-state index contributed by atoms with van der Waals surface area (Å²) >= 11 is 1.62. The fourth-order valence-corrected chi connectivity index (χ4v) is 3.53. The van der Waals surface area contributed by atoms with E-state index < -0.39 is 6.09 Å². The van der Waals surface area contributed by atoms with E-state index in [0.717, 1.165) is 15.7 Å². The van der Waals surface area contributed by atoms with Gasteiger partial charge in [-0.05, 0) is 65.6 Å². The highest BCUT2D eigenvalue weighted by molar-refractivity contribution is 7.98. The maximum atomic E-state index is 13.0. The molecule has 0 atom stereocenters. The quantitative estimate of drug-likeness (QED) is 0.360. The van der Waals surface area contributed by atoms with Crippen LogP contribution in [0, 0.1) is 0 Å². The molecule has 4 rings (SSSR count). The van der Waals surface area contributed by atoms with Gasteiger partial charge < -0.3 is 10.1 Å². The smallest absolute Gasteiger partial charge is 0.409 e. The molecule has 4 aromatic carbocycles. The second-order valence-electron chi connectivity index (χ2n) is 6.76. The SMILES string of the molecule is CSc1ccc(NC(=O)Oc2cc3ccccc3cc2C(=O)Nc2ccccc2)cc1. The number of fused-ring (bicyclic) bond motifs is 1. The minimum absolute atomic E-state index is 0.186. The highest BCUT2D eigenvalue weighted by Gasteiger charge is 2.17. The fourth-order valence-electron chi connectivity index (χ4n) is 3.12. The molecular formula is C25H20N2O3S. The monoisotopic (exact) mass is 428 g/mol. The van der Waals surface area contributed by atoms with Crippen molar-refractivity contribution in [2.24, 2.45) is 0 Å². The number of benzene rings is 4. The van der Waals surface area contributed by atoms with Gasteiger partial charge in [-0.1, -0.05) is 42.5 Å². The van der Waals surface area contributed by atoms with Crippen molar-refractivity contribution in [1.29, 1.82) is 0 Å². The molecule has 4 aromatic rings. The zero-order valence-electron chi connectivity index (χ0n) is 16.8. The second kappa shape index (κ2) is 9.36. The van der Waals surface area contributed by atoms with Gasteiger partial charge in [0.25, 0.3) is 5.91 Å². The summed E-state index contributed by atoms with van der Waals surface area (Å²) in [5.74, 6) is -0.172. The highest BCUT2D eigenvalue weighted by Crippen LogP contribution is 2.28. The van der Waals surface area contributed by atoms with Gasteiger partial charge in [0.2, 0.25) is 0 Å². The number of carbonyl (C=O) groups is 2. The molecule has 0 aliphatic rings. The Morgan fingerprint density at radius 2 is 1.35 bits per heavy atom. The third-order valence-corrected chi connectivity index (χ3v) is 5.41. The van der Waals surface area contributed by atoms with Crippen LogP contribution < -0.4 is 15.4 Å². The van der Waals surface area contributed by atoms with E-state index in [1.165, 1.54) is 0 Å². The first-order valence-electron chi connectivity index (χ1n) is 9.64. The largest absolute Gasteiger partial charge is 0.417 e. The van der Waals surface area contributed by atoms with Crippen LogP contribution in [0.3, 0.4) is 0 Å². The molecule has 0 spiro atoms. The van der Waals surface area contributed by atoms with Gasteiger partial charge in [-0.3, -0.25) is 10.1 Å². The molecule has 0 saturated carbocycles. The van der Waals surface area contributed by atoms with Crippen molar-refractivity contribution in [2.45, 2.75) is 4.90 Å². The van der Waals surface area contributed by atoms with Gasteiger partial charge in [0.1, 0.15) is 5.75 Å². The maximum absolute atomic E-state index is 13.0. The molecular weight excluding hydrogens is 408 g/mol. The third kappa shape index (κ3) is 5.05. The zero-order valence-corrected chi connectivity index (χ0v) is 17.6. The Morgan fingerprint density at radius 1 is 0.742 bits per heavy atom. The predicted octanol–water partition coefficient (Wildman–Crippen LogP) is 6.42. The number of hydrogen-bond donors (Lipinski definition) is 2. The van der Waals surface area contributed by atoms with E-state index in [4.69, 9.17) is 4.74 Å². The van der Waals surface area contributed by atoms with E-state index in [0.29, 0.717) is 11.4 Å². The number of amides is 2. The molecule has 0 fully saturated rings. The Kier molecular flexibility index (Phi) is 6.19. The Balaban J connectivity index is 1.60. The summed E-state index contributed by atoms with van der Waals surface area (Å²) in [6, 6.07) is 27.6. The summed E-state index contributed by atoms with van der Waals surface area (Å²) in [6.07, 6.45) is 1.32. The van der Waals surface area contributed by atoms with E-state index in [-0.39, 0.29) is 17.2 Å². The van der Waals surface area contributed by atoms with E-state index in [1.54, 1.807) is 48.2 Å². The van der Waals surface area contributed by atoms with Crippen LogP contribution in [-0.2, 0) is 0 Å². The zero-order chi connectivity index (χ0) is 21.6. The Hall–Kier alpha value is -3.77. The first-order chi connectivity index (χ1) is 15.1. The van der Waals surface area contributed by atoms with Gasteiger partial charge in [0.05, 0.1) is 5.56 Å². The van der Waals surface area contributed by atoms with Crippen molar-refractivity contribution < 1.29 is 14.3 Å². The number of rotatable bonds is 5. The number of carbonyl (C=O) groups excluding carboxylic acids is 2. The molecule has 0 bridgehead atoms. The van der Waals surface area contributed by atoms with Crippen molar-refractivity contribution >= 4 is 45.9 Å². The van der Waals surface area contributed by atoms with Gasteiger partial charge >= 0.3 is 6.09 Å². The lowest BCUT2D eigenvalue weighted by Crippen LogP contribution is -2.20. The molecule has 2 N–H and O–H groups in total. The van der Waals surface area contributed by atoms with Crippen LogP contribution in [0.2, 0.25) is 0 Å². The first-order valence-corrected chi connectivity index (χ1v) is 10.9. The van der Waals surface area contributed by atoms with Crippen LogP contribution in [0.1, 0.15) is 10.4 Å². The summed E-state index contributed by atoms with van der Waals surface area (Å²) in [5.41, 5.74) is 1.54. The summed E-state index contributed by atoms with van der Waals surface area (Å²) in [6.45, 7) is 0. The molecule has 5 nitrogen and oxygen atoms in total. The van der Waals surface area contributed by atoms with Crippen molar-refractivity contribution in [1.82, 2.24) is 0 Å². The average Bonchev–Trinajstić information content (AvgIpc) is 2.79. The third-order valence-electron chi connectivity index (χ3n) is 4.66. The minimum atomic E-state index is -0.666. The van der Waals surface area contributed by atoms with Gasteiger partial charge in [0.15, 0.2) is 0 Å². The van der Waals surface area contributed by atoms with Gasteiger partial charge in [-0.15, -0.1) is 11.8 Å². The Labute approximate surface area is 184 Å². The molecule has 0 heterocycles. The van der Waals surface area contributed by atoms with E-state index in [2.05, 4.69) is 10.6 Å². The van der Waals surface area contributed by atoms with E-state index in [1.807, 2.05) is 60.9 Å². The fraction of sp³-hybridized carbons (Fsp3) is 0.0400. The van der Waals surface area contributed by atoms with Crippen LogP contribution in [0.25, 0.3) is 10.8 Å². The molecule has 0 aromatic heterocycles. The summed E-state index contributed by atoms with van der Waals surface area (Å²) in [7, 11) is 0. The molecule has 0 saturated heterocycles. The van der Waals surface area contributed by atoms with Gasteiger partial charge in [-0.25, -0.2) is 4.79 Å². The Bertz CT molecular complexity index is 1220. The highest BCUT2D eigenvalue weighted by atomic mass is 32.2. The van der Waals surface area contributed by atoms with E-state index in [9.17, 15) is 9.59 Å². The molecule has 6 heteroatoms. The molecule has 0 aliphatic carbocycles. The number of para-hydroxylation sites is 1. The molecule has 0 aliphatic heterocycles. The normalized spacial score (nSPS) is 10.5.